The number of rotatable bonds is 6. The number of nitrogens with two attached hydrogens (primary N) is 1. The average Bonchev–Trinajstić information content (AvgIpc) is 2.29. The third-order valence-corrected chi connectivity index (χ3v) is 2.17. The van der Waals surface area contributed by atoms with Gasteiger partial charge in [-0.1, -0.05) is 17.2 Å². The van der Waals surface area contributed by atoms with Crippen LogP contribution in [0.25, 0.3) is 0 Å². The molecule has 0 saturated carbocycles. The van der Waals surface area contributed by atoms with E-state index >= 15 is 0 Å². The fraction of sp³-hybridized carbons (Fsp3) is 0.222. The lowest BCUT2D eigenvalue weighted by atomic mass is 10.3. The van der Waals surface area contributed by atoms with Gasteiger partial charge in [0.1, 0.15) is 10.8 Å². The molecule has 3 N–H and O–H groups in total. The van der Waals surface area contributed by atoms with E-state index in [4.69, 9.17) is 22.2 Å². The largest absolute Gasteiger partial charge is 0.493 e. The molecule has 9 heteroatoms. The summed E-state index contributed by atoms with van der Waals surface area (Å²) in [4.78, 5) is 25.0. The highest BCUT2D eigenvalue weighted by atomic mass is 35.5. The SMILES string of the molecule is NNOC(=O)CCOc1ccc([N+](=O)[O-])c(Cl)c1. The highest BCUT2D eigenvalue weighted by Gasteiger charge is 2.12. The van der Waals surface area contributed by atoms with Gasteiger partial charge in [-0.15, -0.1) is 0 Å². The van der Waals surface area contributed by atoms with Crippen LogP contribution in [0.3, 0.4) is 0 Å². The van der Waals surface area contributed by atoms with E-state index in [2.05, 4.69) is 4.84 Å². The first-order valence-corrected chi connectivity index (χ1v) is 5.14. The monoisotopic (exact) mass is 275 g/mol. The van der Waals surface area contributed by atoms with Crippen molar-refractivity contribution >= 4 is 23.3 Å². The topological polar surface area (TPSA) is 117 Å². The summed E-state index contributed by atoms with van der Waals surface area (Å²) in [5.74, 6) is 4.49. The average molecular weight is 276 g/mol. The van der Waals surface area contributed by atoms with Gasteiger partial charge < -0.3 is 9.57 Å². The van der Waals surface area contributed by atoms with Gasteiger partial charge in [0.05, 0.1) is 18.0 Å². The molecule has 0 aliphatic carbocycles. The Kier molecular flexibility index (Phi) is 5.31. The zero-order valence-electron chi connectivity index (χ0n) is 9.09. The number of hydrogen-bond acceptors (Lipinski definition) is 7. The number of hydrazine groups is 1. The van der Waals surface area contributed by atoms with Crippen LogP contribution < -0.4 is 16.2 Å². The minimum atomic E-state index is -0.601. The molecular formula is C9H10ClN3O5. The third-order valence-electron chi connectivity index (χ3n) is 1.86. The van der Waals surface area contributed by atoms with Crippen molar-refractivity contribution in [2.45, 2.75) is 6.42 Å². The molecule has 0 radical (unpaired) electrons. The molecule has 1 aromatic rings. The molecule has 0 unspecified atom stereocenters. The lowest BCUT2D eigenvalue weighted by molar-refractivity contribution is -0.384. The van der Waals surface area contributed by atoms with Crippen LogP contribution in [0.5, 0.6) is 5.75 Å². The number of nitro groups is 1. The van der Waals surface area contributed by atoms with Crippen molar-refractivity contribution in [1.82, 2.24) is 5.59 Å². The lowest BCUT2D eigenvalue weighted by Crippen LogP contribution is -2.26. The van der Waals surface area contributed by atoms with Gasteiger partial charge in [-0.3, -0.25) is 14.9 Å². The molecule has 0 saturated heterocycles. The Morgan fingerprint density at radius 2 is 2.28 bits per heavy atom. The van der Waals surface area contributed by atoms with E-state index in [-0.39, 0.29) is 23.7 Å². The summed E-state index contributed by atoms with van der Waals surface area (Å²) in [6.45, 7) is 0.0364. The number of ether oxygens (including phenoxy) is 1. The van der Waals surface area contributed by atoms with Crippen LogP contribution in [0.4, 0.5) is 5.69 Å². The van der Waals surface area contributed by atoms with Crippen LogP contribution in [-0.2, 0) is 9.63 Å². The number of halogens is 1. The van der Waals surface area contributed by atoms with E-state index in [1.54, 1.807) is 5.59 Å². The molecule has 0 aliphatic heterocycles. The van der Waals surface area contributed by atoms with E-state index in [1.165, 1.54) is 18.2 Å². The van der Waals surface area contributed by atoms with Crippen molar-refractivity contribution in [3.8, 4) is 5.75 Å². The van der Waals surface area contributed by atoms with Crippen molar-refractivity contribution in [1.29, 1.82) is 0 Å². The Bertz CT molecular complexity index is 454. The van der Waals surface area contributed by atoms with E-state index < -0.39 is 10.9 Å². The first-order chi connectivity index (χ1) is 8.54. The summed E-state index contributed by atoms with van der Waals surface area (Å²) in [7, 11) is 0. The Labute approximate surface area is 107 Å². The highest BCUT2D eigenvalue weighted by molar-refractivity contribution is 6.32. The van der Waals surface area contributed by atoms with Gasteiger partial charge in [0.2, 0.25) is 0 Å². The standard InChI is InChI=1S/C9H10ClN3O5/c10-7-5-6(1-2-8(7)13(15)16)17-4-3-9(14)18-12-11/h1-2,5,12H,3-4,11H2. The third kappa shape index (κ3) is 4.17. The zero-order valence-corrected chi connectivity index (χ0v) is 9.85. The van der Waals surface area contributed by atoms with Crippen LogP contribution in [0, 0.1) is 10.1 Å². The number of hydrogen-bond donors (Lipinski definition) is 2. The fourth-order valence-electron chi connectivity index (χ4n) is 1.09. The predicted molar refractivity (Wildman–Crippen MR) is 61.6 cm³/mol. The summed E-state index contributed by atoms with van der Waals surface area (Å²) < 4.78 is 5.16. The molecule has 18 heavy (non-hydrogen) atoms. The smallest absolute Gasteiger partial charge is 0.329 e. The zero-order chi connectivity index (χ0) is 13.5. The molecule has 1 aromatic carbocycles. The Morgan fingerprint density at radius 1 is 1.56 bits per heavy atom. The second kappa shape index (κ2) is 6.74. The molecule has 0 atom stereocenters. The number of carbonyl (C=O) groups excluding carboxylic acids is 1. The van der Waals surface area contributed by atoms with Gasteiger partial charge in [0.25, 0.3) is 5.69 Å². The van der Waals surface area contributed by atoms with Gasteiger partial charge in [-0.25, -0.2) is 5.84 Å². The molecule has 8 nitrogen and oxygen atoms in total. The van der Waals surface area contributed by atoms with Gasteiger partial charge in [-0.05, 0) is 6.07 Å². The normalized spacial score (nSPS) is 9.89. The molecule has 1 rings (SSSR count). The van der Waals surface area contributed by atoms with Gasteiger partial charge >= 0.3 is 5.97 Å². The molecule has 0 bridgehead atoms. The number of carbonyl (C=O) groups is 1. The van der Waals surface area contributed by atoms with Crippen molar-refractivity contribution in [2.24, 2.45) is 5.84 Å². The van der Waals surface area contributed by atoms with Crippen LogP contribution >= 0.6 is 11.6 Å². The Morgan fingerprint density at radius 3 is 2.83 bits per heavy atom. The minimum absolute atomic E-state index is 0.0290. The molecule has 0 aliphatic rings. The molecule has 0 heterocycles. The summed E-state index contributed by atoms with van der Waals surface area (Å²) in [6.07, 6.45) is -0.0290. The number of nitrogens with zero attached hydrogens (tertiary/aromatic N) is 1. The Hall–Kier alpha value is -1.90. The van der Waals surface area contributed by atoms with Gasteiger partial charge in [0.15, 0.2) is 0 Å². The fourth-order valence-corrected chi connectivity index (χ4v) is 1.33. The summed E-state index contributed by atoms with van der Waals surface area (Å²) >= 11 is 5.68. The van der Waals surface area contributed by atoms with Gasteiger partial charge in [0, 0.05) is 12.1 Å². The van der Waals surface area contributed by atoms with Crippen LogP contribution in [0.1, 0.15) is 6.42 Å². The lowest BCUT2D eigenvalue weighted by Gasteiger charge is -2.06. The molecule has 0 spiro atoms. The molecule has 98 valence electrons. The number of nitro benzene ring substituents is 1. The second-order valence-electron chi connectivity index (χ2n) is 3.06. The van der Waals surface area contributed by atoms with Crippen molar-refractivity contribution in [3.63, 3.8) is 0 Å². The molecular weight excluding hydrogens is 266 g/mol. The predicted octanol–water partition coefficient (Wildman–Crippen LogP) is 0.939. The minimum Gasteiger partial charge on any atom is -0.493 e. The van der Waals surface area contributed by atoms with Crippen LogP contribution in [-0.4, -0.2) is 17.5 Å². The first-order valence-electron chi connectivity index (χ1n) is 4.76. The maximum absolute atomic E-state index is 10.9. The molecule has 0 amide bonds. The van der Waals surface area contributed by atoms with Crippen molar-refractivity contribution in [3.05, 3.63) is 33.3 Å². The maximum atomic E-state index is 10.9. The number of benzene rings is 1. The maximum Gasteiger partial charge on any atom is 0.329 e. The van der Waals surface area contributed by atoms with E-state index in [1.807, 2.05) is 0 Å². The second-order valence-corrected chi connectivity index (χ2v) is 3.47. The van der Waals surface area contributed by atoms with E-state index in [0.29, 0.717) is 5.75 Å². The van der Waals surface area contributed by atoms with Gasteiger partial charge in [-0.2, -0.15) is 0 Å². The summed E-state index contributed by atoms with van der Waals surface area (Å²) in [6, 6.07) is 3.90. The molecule has 0 aromatic heterocycles. The summed E-state index contributed by atoms with van der Waals surface area (Å²) in [5, 5.41) is 10.5. The van der Waals surface area contributed by atoms with Crippen LogP contribution in [0.2, 0.25) is 5.02 Å². The first kappa shape index (κ1) is 14.2. The molecule has 0 fully saturated rings. The van der Waals surface area contributed by atoms with Crippen LogP contribution in [0.15, 0.2) is 18.2 Å². The van der Waals surface area contributed by atoms with E-state index in [9.17, 15) is 14.9 Å². The van der Waals surface area contributed by atoms with E-state index in [0.717, 1.165) is 0 Å². The Balaban J connectivity index is 2.51. The number of nitrogens with one attached hydrogen (secondary N) is 1. The van der Waals surface area contributed by atoms with Crippen molar-refractivity contribution < 1.29 is 19.3 Å². The summed E-state index contributed by atoms with van der Waals surface area (Å²) in [5.41, 5.74) is 1.53. The quantitative estimate of drug-likeness (QED) is 0.451. The highest BCUT2D eigenvalue weighted by Crippen LogP contribution is 2.28. The van der Waals surface area contributed by atoms with Crippen molar-refractivity contribution in [2.75, 3.05) is 6.61 Å².